The van der Waals surface area contributed by atoms with Crippen molar-refractivity contribution in [1.29, 1.82) is 0 Å². The van der Waals surface area contributed by atoms with Gasteiger partial charge in [-0.3, -0.25) is 20.4 Å². The molecule has 0 atom stereocenters. The highest BCUT2D eigenvalue weighted by Gasteiger charge is 2.17. The molecular formula is C21H18ClN7O2. The summed E-state index contributed by atoms with van der Waals surface area (Å²) in [6.07, 6.45) is 1.45. The second-order valence-electron chi connectivity index (χ2n) is 6.81. The quantitative estimate of drug-likeness (QED) is 0.479. The Balaban J connectivity index is 1.45. The minimum atomic E-state index is -0.444. The highest BCUT2D eigenvalue weighted by Crippen LogP contribution is 2.23. The number of hydrazine groups is 1. The standard InChI is InChI=1S/C21H18ClN7O2/c1-13-10-19(14(2)29(13)18-5-3-4-16(22)11-18)21(31)25-24-20(30)15-6-8-17(9-7-15)28-12-23-26-27-28/h3-12H,1-2H3,(H,24,30)(H,25,31). The Labute approximate surface area is 182 Å². The summed E-state index contributed by atoms with van der Waals surface area (Å²) < 4.78 is 3.40. The first kappa shape index (κ1) is 20.3. The van der Waals surface area contributed by atoms with Gasteiger partial charge < -0.3 is 4.57 Å². The largest absolute Gasteiger partial charge is 0.318 e. The number of tetrazole rings is 1. The van der Waals surface area contributed by atoms with Crippen molar-refractivity contribution in [2.24, 2.45) is 0 Å². The summed E-state index contributed by atoms with van der Waals surface area (Å²) in [5.74, 6) is -0.861. The molecule has 156 valence electrons. The van der Waals surface area contributed by atoms with E-state index in [1.807, 2.05) is 36.6 Å². The topological polar surface area (TPSA) is 107 Å². The molecule has 0 aliphatic heterocycles. The minimum Gasteiger partial charge on any atom is -0.318 e. The predicted molar refractivity (Wildman–Crippen MR) is 114 cm³/mol. The summed E-state index contributed by atoms with van der Waals surface area (Å²) in [7, 11) is 0. The fourth-order valence-electron chi connectivity index (χ4n) is 3.30. The lowest BCUT2D eigenvalue weighted by Crippen LogP contribution is -2.41. The Bertz CT molecular complexity index is 1250. The third kappa shape index (κ3) is 4.17. The molecular weight excluding hydrogens is 418 g/mol. The Kier molecular flexibility index (Phi) is 5.50. The molecule has 0 radical (unpaired) electrons. The monoisotopic (exact) mass is 435 g/mol. The van der Waals surface area contributed by atoms with E-state index in [0.29, 0.717) is 21.8 Å². The van der Waals surface area contributed by atoms with Crippen molar-refractivity contribution in [2.75, 3.05) is 0 Å². The molecule has 2 aromatic heterocycles. The summed E-state index contributed by atoms with van der Waals surface area (Å²) in [5.41, 5.74) is 8.90. The first-order valence-corrected chi connectivity index (χ1v) is 9.71. The molecule has 9 nitrogen and oxygen atoms in total. The van der Waals surface area contributed by atoms with Crippen LogP contribution in [0.15, 0.2) is 60.9 Å². The molecule has 4 rings (SSSR count). The number of aromatic nitrogens is 5. The van der Waals surface area contributed by atoms with Crippen LogP contribution >= 0.6 is 11.6 Å². The van der Waals surface area contributed by atoms with Crippen molar-refractivity contribution in [1.82, 2.24) is 35.6 Å². The number of nitrogens with one attached hydrogen (secondary N) is 2. The summed E-state index contributed by atoms with van der Waals surface area (Å²) in [6.45, 7) is 3.73. The number of rotatable bonds is 4. The Hall–Kier alpha value is -3.98. The van der Waals surface area contributed by atoms with Gasteiger partial charge in [-0.2, -0.15) is 0 Å². The fraction of sp³-hybridized carbons (Fsp3) is 0.0952. The molecule has 2 amide bonds. The molecule has 0 aliphatic rings. The minimum absolute atomic E-state index is 0.376. The number of benzene rings is 2. The average Bonchev–Trinajstić information content (AvgIpc) is 3.40. The zero-order valence-electron chi connectivity index (χ0n) is 16.7. The first-order valence-electron chi connectivity index (χ1n) is 9.33. The molecule has 0 fully saturated rings. The van der Waals surface area contributed by atoms with E-state index in [2.05, 4.69) is 26.4 Å². The molecule has 2 heterocycles. The van der Waals surface area contributed by atoms with Gasteiger partial charge in [-0.05, 0) is 72.8 Å². The number of hydrogen-bond donors (Lipinski definition) is 2. The Morgan fingerprint density at radius 2 is 1.68 bits per heavy atom. The second kappa shape index (κ2) is 8.41. The Morgan fingerprint density at radius 3 is 2.35 bits per heavy atom. The number of amides is 2. The van der Waals surface area contributed by atoms with Crippen LogP contribution in [0.2, 0.25) is 5.02 Å². The van der Waals surface area contributed by atoms with Crippen LogP contribution in [0.4, 0.5) is 0 Å². The molecule has 31 heavy (non-hydrogen) atoms. The maximum absolute atomic E-state index is 12.7. The van der Waals surface area contributed by atoms with E-state index in [1.54, 1.807) is 36.4 Å². The highest BCUT2D eigenvalue weighted by atomic mass is 35.5. The predicted octanol–water partition coefficient (Wildman–Crippen LogP) is 2.80. The summed E-state index contributed by atoms with van der Waals surface area (Å²) in [6, 6.07) is 15.8. The Morgan fingerprint density at radius 1 is 0.935 bits per heavy atom. The van der Waals surface area contributed by atoms with Gasteiger partial charge in [0.05, 0.1) is 11.3 Å². The van der Waals surface area contributed by atoms with Crippen LogP contribution < -0.4 is 10.9 Å². The summed E-state index contributed by atoms with van der Waals surface area (Å²) in [5, 5.41) is 11.5. The van der Waals surface area contributed by atoms with E-state index in [1.165, 1.54) is 11.0 Å². The van der Waals surface area contributed by atoms with Crippen LogP contribution in [0.3, 0.4) is 0 Å². The van der Waals surface area contributed by atoms with Gasteiger partial charge in [0.15, 0.2) is 0 Å². The summed E-state index contributed by atoms with van der Waals surface area (Å²) in [4.78, 5) is 25.1. The fourth-order valence-corrected chi connectivity index (χ4v) is 3.49. The number of halogens is 1. The third-order valence-electron chi connectivity index (χ3n) is 4.77. The van der Waals surface area contributed by atoms with Gasteiger partial charge in [-0.1, -0.05) is 17.7 Å². The van der Waals surface area contributed by atoms with E-state index in [4.69, 9.17) is 11.6 Å². The van der Waals surface area contributed by atoms with Crippen LogP contribution in [0.25, 0.3) is 11.4 Å². The first-order chi connectivity index (χ1) is 14.9. The number of carbonyl (C=O) groups is 2. The highest BCUT2D eigenvalue weighted by molar-refractivity contribution is 6.30. The van der Waals surface area contributed by atoms with Gasteiger partial charge in [0.1, 0.15) is 6.33 Å². The summed E-state index contributed by atoms with van der Waals surface area (Å²) >= 11 is 6.10. The number of nitrogens with zero attached hydrogens (tertiary/aromatic N) is 5. The smallest absolute Gasteiger partial charge is 0.271 e. The van der Waals surface area contributed by atoms with Crippen LogP contribution in [0, 0.1) is 13.8 Å². The SMILES string of the molecule is Cc1cc(C(=O)NNC(=O)c2ccc(-n3cnnn3)cc2)c(C)n1-c1cccc(Cl)c1. The van der Waals surface area contributed by atoms with E-state index < -0.39 is 11.8 Å². The van der Waals surface area contributed by atoms with Gasteiger partial charge in [0.2, 0.25) is 0 Å². The van der Waals surface area contributed by atoms with Crippen molar-refractivity contribution in [3.63, 3.8) is 0 Å². The maximum atomic E-state index is 12.7. The van der Waals surface area contributed by atoms with Crippen molar-refractivity contribution in [2.45, 2.75) is 13.8 Å². The van der Waals surface area contributed by atoms with E-state index >= 15 is 0 Å². The third-order valence-corrected chi connectivity index (χ3v) is 5.01. The lowest BCUT2D eigenvalue weighted by Gasteiger charge is -2.11. The van der Waals surface area contributed by atoms with E-state index in [9.17, 15) is 9.59 Å². The zero-order valence-corrected chi connectivity index (χ0v) is 17.5. The lowest BCUT2D eigenvalue weighted by atomic mass is 10.2. The molecule has 0 bridgehead atoms. The van der Waals surface area contributed by atoms with Gasteiger partial charge in [0, 0.05) is 27.7 Å². The molecule has 0 saturated heterocycles. The molecule has 0 spiro atoms. The molecule has 0 aliphatic carbocycles. The normalized spacial score (nSPS) is 10.7. The number of aryl methyl sites for hydroxylation is 1. The van der Waals surface area contributed by atoms with Gasteiger partial charge in [0.25, 0.3) is 11.8 Å². The van der Waals surface area contributed by atoms with Crippen LogP contribution in [-0.4, -0.2) is 36.6 Å². The average molecular weight is 436 g/mol. The van der Waals surface area contributed by atoms with Crippen molar-refractivity contribution < 1.29 is 9.59 Å². The van der Waals surface area contributed by atoms with Crippen LogP contribution in [0.5, 0.6) is 0 Å². The van der Waals surface area contributed by atoms with Gasteiger partial charge in [-0.25, -0.2) is 4.68 Å². The van der Waals surface area contributed by atoms with E-state index in [-0.39, 0.29) is 0 Å². The van der Waals surface area contributed by atoms with Crippen LogP contribution in [-0.2, 0) is 0 Å². The van der Waals surface area contributed by atoms with E-state index in [0.717, 1.165) is 17.1 Å². The van der Waals surface area contributed by atoms with Crippen molar-refractivity contribution in [3.05, 3.63) is 88.5 Å². The van der Waals surface area contributed by atoms with Crippen molar-refractivity contribution in [3.8, 4) is 11.4 Å². The molecule has 10 heteroatoms. The van der Waals surface area contributed by atoms with Crippen molar-refractivity contribution >= 4 is 23.4 Å². The molecule has 2 N–H and O–H groups in total. The number of carbonyl (C=O) groups excluding carboxylic acids is 2. The van der Waals surface area contributed by atoms with Gasteiger partial charge >= 0.3 is 0 Å². The molecule has 0 saturated carbocycles. The molecule has 0 unspecified atom stereocenters. The zero-order chi connectivity index (χ0) is 22.0. The second-order valence-corrected chi connectivity index (χ2v) is 7.25. The molecule has 4 aromatic rings. The van der Waals surface area contributed by atoms with Gasteiger partial charge in [-0.15, -0.1) is 5.10 Å². The van der Waals surface area contributed by atoms with Crippen LogP contribution in [0.1, 0.15) is 32.1 Å². The molecule has 2 aromatic carbocycles. The maximum Gasteiger partial charge on any atom is 0.271 e. The number of hydrogen-bond acceptors (Lipinski definition) is 5. The lowest BCUT2D eigenvalue weighted by molar-refractivity contribution is 0.0846.